The van der Waals surface area contributed by atoms with Crippen LogP contribution in [0.2, 0.25) is 0 Å². The molecule has 1 aliphatic carbocycles. The number of hydrogen-bond acceptors (Lipinski definition) is 8. The summed E-state index contributed by atoms with van der Waals surface area (Å²) in [5.41, 5.74) is 1.91. The lowest BCUT2D eigenvalue weighted by Crippen LogP contribution is -2.31. The first-order valence-electron chi connectivity index (χ1n) is 9.80. The van der Waals surface area contributed by atoms with Crippen molar-refractivity contribution >= 4 is 45.7 Å². The first kappa shape index (κ1) is 21.4. The number of amides is 1. The number of aromatic nitrogens is 1. The lowest BCUT2D eigenvalue weighted by molar-refractivity contribution is -0.123. The van der Waals surface area contributed by atoms with Gasteiger partial charge in [0.15, 0.2) is 17.7 Å². The summed E-state index contributed by atoms with van der Waals surface area (Å²) in [4.78, 5) is 51.2. The van der Waals surface area contributed by atoms with Crippen LogP contribution in [0.25, 0.3) is 0 Å². The topological polar surface area (TPSA) is 114 Å². The molecule has 32 heavy (non-hydrogen) atoms. The van der Waals surface area contributed by atoms with Gasteiger partial charge in [0.2, 0.25) is 0 Å². The van der Waals surface area contributed by atoms with Gasteiger partial charge >= 0.3 is 5.97 Å². The average Bonchev–Trinajstić information content (AvgIpc) is 3.17. The zero-order valence-corrected chi connectivity index (χ0v) is 18.3. The number of benzene rings is 2. The molecule has 1 atom stereocenters. The number of ketones is 2. The first-order chi connectivity index (χ1) is 15.3. The van der Waals surface area contributed by atoms with Crippen molar-refractivity contribution in [3.63, 3.8) is 0 Å². The number of carbonyl (C=O) groups excluding carboxylic acids is 4. The van der Waals surface area contributed by atoms with E-state index in [2.05, 4.69) is 15.0 Å². The summed E-state index contributed by atoms with van der Waals surface area (Å²) in [6.45, 7) is 3.11. The molecule has 0 radical (unpaired) electrons. The summed E-state index contributed by atoms with van der Waals surface area (Å²) in [6, 6.07) is 11.2. The molecule has 0 bridgehead atoms. The number of nitrogens with zero attached hydrogens (tertiary/aromatic N) is 1. The first-order valence-corrected chi connectivity index (χ1v) is 10.6. The molecule has 0 saturated heterocycles. The normalized spacial score (nSPS) is 13.1. The van der Waals surface area contributed by atoms with E-state index >= 15 is 0 Å². The van der Waals surface area contributed by atoms with Crippen molar-refractivity contribution in [3.05, 3.63) is 76.0 Å². The van der Waals surface area contributed by atoms with Gasteiger partial charge in [0.05, 0.1) is 16.9 Å². The van der Waals surface area contributed by atoms with Crippen molar-refractivity contribution in [1.29, 1.82) is 0 Å². The molecular weight excluding hydrogens is 430 g/mol. The molecule has 3 aromatic rings. The highest BCUT2D eigenvalue weighted by molar-refractivity contribution is 7.10. The molecular formula is C23H19N3O5S. The van der Waals surface area contributed by atoms with Crippen LogP contribution in [0.15, 0.2) is 42.5 Å². The van der Waals surface area contributed by atoms with Crippen molar-refractivity contribution < 1.29 is 23.9 Å². The van der Waals surface area contributed by atoms with Gasteiger partial charge in [0.1, 0.15) is 10.6 Å². The minimum Gasteiger partial charge on any atom is -0.449 e. The standard InChI is InChI=1S/C23H19N3O5S/c1-11-17(22(24-3)32-26-11)23(30)31-12(2)21(29)25-16-10-6-9-15-18(16)20(28)14-8-5-4-7-13(14)19(15)27/h4-10,12,24H,1-3H3,(H,25,29). The van der Waals surface area contributed by atoms with Crippen LogP contribution in [0.4, 0.5) is 10.7 Å². The van der Waals surface area contributed by atoms with Gasteiger partial charge in [-0.05, 0) is 31.4 Å². The molecule has 1 aliphatic rings. The Morgan fingerprint density at radius 2 is 1.66 bits per heavy atom. The molecule has 4 rings (SSSR count). The third-order valence-corrected chi connectivity index (χ3v) is 6.11. The van der Waals surface area contributed by atoms with Crippen molar-refractivity contribution in [2.75, 3.05) is 17.7 Å². The van der Waals surface area contributed by atoms with E-state index in [1.165, 1.54) is 13.0 Å². The van der Waals surface area contributed by atoms with E-state index in [1.807, 2.05) is 0 Å². The Kier molecular flexibility index (Phi) is 5.58. The molecule has 1 amide bonds. The fourth-order valence-corrected chi connectivity index (χ4v) is 4.27. The summed E-state index contributed by atoms with van der Waals surface area (Å²) in [6.07, 6.45) is -1.15. The number of nitrogens with one attached hydrogen (secondary N) is 2. The summed E-state index contributed by atoms with van der Waals surface area (Å²) >= 11 is 1.12. The largest absolute Gasteiger partial charge is 0.449 e. The van der Waals surface area contributed by atoms with Crippen LogP contribution in [0.3, 0.4) is 0 Å². The van der Waals surface area contributed by atoms with Gasteiger partial charge in [0, 0.05) is 23.7 Å². The number of anilines is 2. The zero-order valence-electron chi connectivity index (χ0n) is 17.5. The SMILES string of the molecule is CNc1snc(C)c1C(=O)OC(C)C(=O)Nc1cccc2c1C(=O)c1ccccc1C2=O. The number of fused-ring (bicyclic) bond motifs is 2. The Hall–Kier alpha value is -3.85. The predicted molar refractivity (Wildman–Crippen MR) is 120 cm³/mol. The van der Waals surface area contributed by atoms with Gasteiger partial charge in [-0.25, -0.2) is 4.79 Å². The third-order valence-electron chi connectivity index (χ3n) is 5.16. The number of carbonyl (C=O) groups is 4. The van der Waals surface area contributed by atoms with E-state index in [0.29, 0.717) is 16.3 Å². The van der Waals surface area contributed by atoms with E-state index in [9.17, 15) is 19.2 Å². The number of ether oxygens (including phenoxy) is 1. The van der Waals surface area contributed by atoms with Gasteiger partial charge in [-0.15, -0.1) is 0 Å². The van der Waals surface area contributed by atoms with E-state index in [1.54, 1.807) is 50.4 Å². The molecule has 162 valence electrons. The van der Waals surface area contributed by atoms with Crippen LogP contribution in [-0.4, -0.2) is 41.0 Å². The fourth-order valence-electron chi connectivity index (χ4n) is 3.54. The van der Waals surface area contributed by atoms with Crippen LogP contribution >= 0.6 is 11.5 Å². The Labute approximate surface area is 187 Å². The van der Waals surface area contributed by atoms with Gasteiger partial charge in [-0.3, -0.25) is 14.4 Å². The molecule has 1 heterocycles. The van der Waals surface area contributed by atoms with Crippen LogP contribution < -0.4 is 10.6 Å². The molecule has 1 unspecified atom stereocenters. The second kappa shape index (κ2) is 8.35. The second-order valence-electron chi connectivity index (χ2n) is 7.19. The monoisotopic (exact) mass is 449 g/mol. The van der Waals surface area contributed by atoms with Crippen molar-refractivity contribution in [2.24, 2.45) is 0 Å². The second-order valence-corrected chi connectivity index (χ2v) is 7.96. The average molecular weight is 449 g/mol. The number of aryl methyl sites for hydroxylation is 1. The molecule has 1 aromatic heterocycles. The Balaban J connectivity index is 1.57. The minimum absolute atomic E-state index is 0.124. The van der Waals surface area contributed by atoms with Crippen molar-refractivity contribution in [3.8, 4) is 0 Å². The summed E-state index contributed by atoms with van der Waals surface area (Å²) in [5.74, 6) is -1.95. The molecule has 9 heteroatoms. The minimum atomic E-state index is -1.15. The summed E-state index contributed by atoms with van der Waals surface area (Å²) in [7, 11) is 1.66. The third kappa shape index (κ3) is 3.56. The molecule has 8 nitrogen and oxygen atoms in total. The quantitative estimate of drug-likeness (QED) is 0.449. The lowest BCUT2D eigenvalue weighted by Gasteiger charge is -2.21. The van der Waals surface area contributed by atoms with Crippen LogP contribution in [0.5, 0.6) is 0 Å². The van der Waals surface area contributed by atoms with Gasteiger partial charge in [0.25, 0.3) is 5.91 Å². The number of hydrogen-bond donors (Lipinski definition) is 2. The van der Waals surface area contributed by atoms with Crippen LogP contribution in [0.1, 0.15) is 54.8 Å². The lowest BCUT2D eigenvalue weighted by atomic mass is 9.83. The van der Waals surface area contributed by atoms with Crippen LogP contribution in [-0.2, 0) is 9.53 Å². The van der Waals surface area contributed by atoms with Gasteiger partial charge in [-0.2, -0.15) is 4.37 Å². The Morgan fingerprint density at radius 1 is 1.00 bits per heavy atom. The Morgan fingerprint density at radius 3 is 2.34 bits per heavy atom. The molecule has 2 aromatic carbocycles. The van der Waals surface area contributed by atoms with Crippen molar-refractivity contribution in [2.45, 2.75) is 20.0 Å². The molecule has 0 spiro atoms. The van der Waals surface area contributed by atoms with E-state index in [4.69, 9.17) is 4.74 Å². The highest BCUT2D eigenvalue weighted by Gasteiger charge is 2.32. The van der Waals surface area contributed by atoms with E-state index < -0.39 is 18.0 Å². The smallest absolute Gasteiger partial charge is 0.343 e. The maximum absolute atomic E-state index is 13.1. The highest BCUT2D eigenvalue weighted by atomic mass is 32.1. The van der Waals surface area contributed by atoms with Crippen molar-refractivity contribution in [1.82, 2.24) is 4.37 Å². The maximum Gasteiger partial charge on any atom is 0.343 e. The summed E-state index contributed by atoms with van der Waals surface area (Å²) < 4.78 is 9.44. The Bertz CT molecular complexity index is 1280. The fraction of sp³-hybridized carbons (Fsp3) is 0.174. The summed E-state index contributed by atoms with van der Waals surface area (Å²) in [5, 5.41) is 6.05. The maximum atomic E-state index is 13.1. The molecule has 0 fully saturated rings. The van der Waals surface area contributed by atoms with E-state index in [-0.39, 0.29) is 39.5 Å². The zero-order chi connectivity index (χ0) is 23.0. The predicted octanol–water partition coefficient (Wildman–Crippen LogP) is 3.45. The van der Waals surface area contributed by atoms with E-state index in [0.717, 1.165) is 11.5 Å². The molecule has 2 N–H and O–H groups in total. The molecule has 0 saturated carbocycles. The van der Waals surface area contributed by atoms with Gasteiger partial charge in [-0.1, -0.05) is 36.4 Å². The van der Waals surface area contributed by atoms with Gasteiger partial charge < -0.3 is 15.4 Å². The molecule has 0 aliphatic heterocycles. The van der Waals surface area contributed by atoms with Crippen LogP contribution in [0, 0.1) is 6.92 Å². The number of esters is 1. The highest BCUT2D eigenvalue weighted by Crippen LogP contribution is 2.32. The number of rotatable bonds is 5.